The molecule has 0 amide bonds. The third-order valence-corrected chi connectivity index (χ3v) is 8.61. The van der Waals surface area contributed by atoms with Gasteiger partial charge < -0.3 is 5.11 Å². The van der Waals surface area contributed by atoms with Crippen LogP contribution in [-0.2, 0) is 10.0 Å². The zero-order chi connectivity index (χ0) is 21.6. The molecule has 7 nitrogen and oxygen atoms in total. The molecule has 0 spiro atoms. The Morgan fingerprint density at radius 3 is 2.63 bits per heavy atom. The number of fused-ring (bicyclic) bond motifs is 1. The normalized spacial score (nSPS) is 20.3. The van der Waals surface area contributed by atoms with Gasteiger partial charge in [0.15, 0.2) is 0 Å². The molecule has 0 saturated heterocycles. The molecule has 1 aliphatic carbocycles. The summed E-state index contributed by atoms with van der Waals surface area (Å²) in [5, 5.41) is 15.5. The Kier molecular flexibility index (Phi) is 5.93. The fourth-order valence-electron chi connectivity index (χ4n) is 3.76. The number of aliphatic hydroxyl groups excluding tert-OH is 1. The van der Waals surface area contributed by atoms with Crippen molar-refractivity contribution in [3.05, 3.63) is 33.9 Å². The number of hydrogen-bond acceptors (Lipinski definition) is 6. The minimum absolute atomic E-state index is 0.0430. The maximum Gasteiger partial charge on any atom is 0.242 e. The molecule has 2 N–H and O–H groups in total. The number of nitrogens with zero attached hydrogens (tertiary/aromatic N) is 3. The number of aryl methyl sites for hydroxylation is 1. The van der Waals surface area contributed by atoms with E-state index in [-0.39, 0.29) is 28.0 Å². The van der Waals surface area contributed by atoms with E-state index in [0.717, 1.165) is 21.4 Å². The lowest BCUT2D eigenvalue weighted by molar-refractivity contribution is 0.120. The van der Waals surface area contributed by atoms with Crippen molar-refractivity contribution in [2.45, 2.75) is 69.4 Å². The summed E-state index contributed by atoms with van der Waals surface area (Å²) in [7, 11) is -3.81. The molecule has 162 valence electrons. The van der Waals surface area contributed by atoms with E-state index in [4.69, 9.17) is 11.6 Å². The molecule has 2 heterocycles. The fraction of sp³-hybridized carbons (Fsp3) is 0.500. The summed E-state index contributed by atoms with van der Waals surface area (Å²) < 4.78 is 30.7. The zero-order valence-corrected chi connectivity index (χ0v) is 19.5. The van der Waals surface area contributed by atoms with Crippen LogP contribution in [0, 0.1) is 6.92 Å². The minimum Gasteiger partial charge on any atom is -0.393 e. The van der Waals surface area contributed by atoms with Crippen LogP contribution in [0.1, 0.15) is 56.2 Å². The van der Waals surface area contributed by atoms with Crippen LogP contribution in [0.15, 0.2) is 23.1 Å². The van der Waals surface area contributed by atoms with Crippen molar-refractivity contribution in [1.82, 2.24) is 19.3 Å². The quantitative estimate of drug-likeness (QED) is 0.587. The molecule has 1 aromatic carbocycles. The number of benzene rings is 1. The van der Waals surface area contributed by atoms with Gasteiger partial charge in [-0.2, -0.15) is 5.10 Å². The molecule has 1 aliphatic rings. The van der Waals surface area contributed by atoms with Gasteiger partial charge in [0.1, 0.15) is 9.90 Å². The van der Waals surface area contributed by atoms with Crippen molar-refractivity contribution in [3.8, 4) is 11.3 Å². The number of rotatable bonds is 5. The largest absolute Gasteiger partial charge is 0.393 e. The van der Waals surface area contributed by atoms with Gasteiger partial charge in [-0.25, -0.2) is 22.6 Å². The highest BCUT2D eigenvalue weighted by Crippen LogP contribution is 2.33. The smallest absolute Gasteiger partial charge is 0.242 e. The van der Waals surface area contributed by atoms with Gasteiger partial charge >= 0.3 is 0 Å². The summed E-state index contributed by atoms with van der Waals surface area (Å²) in [5.41, 5.74) is 2.25. The molecule has 0 unspecified atom stereocenters. The first kappa shape index (κ1) is 21.7. The maximum absolute atomic E-state index is 13.1. The van der Waals surface area contributed by atoms with Gasteiger partial charge in [0.2, 0.25) is 15.0 Å². The lowest BCUT2D eigenvalue weighted by atomic mass is 9.94. The van der Waals surface area contributed by atoms with Crippen LogP contribution >= 0.6 is 22.9 Å². The third-order valence-electron chi connectivity index (χ3n) is 5.40. The van der Waals surface area contributed by atoms with Crippen LogP contribution in [-0.4, -0.2) is 40.3 Å². The van der Waals surface area contributed by atoms with E-state index < -0.39 is 10.0 Å². The van der Waals surface area contributed by atoms with E-state index in [1.807, 2.05) is 6.92 Å². The number of nitrogens with one attached hydrogen (secondary N) is 1. The van der Waals surface area contributed by atoms with E-state index in [1.165, 1.54) is 11.3 Å². The maximum atomic E-state index is 13.1. The van der Waals surface area contributed by atoms with Gasteiger partial charge in [-0.1, -0.05) is 42.9 Å². The summed E-state index contributed by atoms with van der Waals surface area (Å²) >= 11 is 7.83. The van der Waals surface area contributed by atoms with Gasteiger partial charge in [-0.05, 0) is 44.7 Å². The van der Waals surface area contributed by atoms with Crippen LogP contribution in [0.25, 0.3) is 16.2 Å². The van der Waals surface area contributed by atoms with E-state index in [1.54, 1.807) is 22.7 Å². The standard InChI is InChI=1S/C20H25ClN4O3S2/c1-11(2)19-23-25-18(12(3)22-20(25)29-19)13-4-9-16(21)17(10-13)30(27,28)24-14-5-7-15(26)8-6-14/h4,9-11,14-15,24,26H,5-8H2,1-3H3/t14-,15+. The van der Waals surface area contributed by atoms with Crippen LogP contribution in [0.5, 0.6) is 0 Å². The number of sulfonamides is 1. The van der Waals surface area contributed by atoms with Gasteiger partial charge in [-0.3, -0.25) is 0 Å². The summed E-state index contributed by atoms with van der Waals surface area (Å²) in [6.45, 7) is 6.04. The van der Waals surface area contributed by atoms with Crippen molar-refractivity contribution in [1.29, 1.82) is 0 Å². The highest BCUT2D eigenvalue weighted by Gasteiger charge is 2.27. The average Bonchev–Trinajstić information content (AvgIpc) is 3.21. The van der Waals surface area contributed by atoms with Crippen LogP contribution < -0.4 is 4.72 Å². The number of aliphatic hydroxyl groups is 1. The van der Waals surface area contributed by atoms with Crippen LogP contribution in [0.4, 0.5) is 0 Å². The second kappa shape index (κ2) is 8.20. The van der Waals surface area contributed by atoms with Crippen molar-refractivity contribution < 1.29 is 13.5 Å². The van der Waals surface area contributed by atoms with E-state index in [0.29, 0.717) is 31.2 Å². The van der Waals surface area contributed by atoms with Gasteiger partial charge in [0, 0.05) is 17.5 Å². The summed E-state index contributed by atoms with van der Waals surface area (Å²) in [4.78, 5) is 5.43. The van der Waals surface area contributed by atoms with Crippen molar-refractivity contribution in [3.63, 3.8) is 0 Å². The van der Waals surface area contributed by atoms with Gasteiger partial charge in [0.25, 0.3) is 0 Å². The van der Waals surface area contributed by atoms with Gasteiger partial charge in [-0.15, -0.1) is 0 Å². The van der Waals surface area contributed by atoms with Crippen molar-refractivity contribution >= 4 is 37.9 Å². The van der Waals surface area contributed by atoms with E-state index >= 15 is 0 Å². The average molecular weight is 469 g/mol. The summed E-state index contributed by atoms with van der Waals surface area (Å²) in [6, 6.07) is 4.79. The van der Waals surface area contributed by atoms with E-state index in [2.05, 4.69) is 28.7 Å². The molecule has 0 aliphatic heterocycles. The number of aromatic nitrogens is 3. The molecule has 0 radical (unpaired) electrons. The van der Waals surface area contributed by atoms with Crippen molar-refractivity contribution in [2.24, 2.45) is 0 Å². The van der Waals surface area contributed by atoms with Gasteiger partial charge in [0.05, 0.1) is 22.5 Å². The first-order valence-electron chi connectivity index (χ1n) is 10.0. The third kappa shape index (κ3) is 4.13. The second-order valence-corrected chi connectivity index (χ2v) is 11.2. The molecule has 10 heteroatoms. The molecular weight excluding hydrogens is 444 g/mol. The lowest BCUT2D eigenvalue weighted by Crippen LogP contribution is -2.38. The topological polar surface area (TPSA) is 96.6 Å². The van der Waals surface area contributed by atoms with Crippen molar-refractivity contribution in [2.75, 3.05) is 0 Å². The molecule has 0 bridgehead atoms. The Balaban J connectivity index is 1.72. The van der Waals surface area contributed by atoms with Crippen LogP contribution in [0.3, 0.4) is 0 Å². The first-order valence-corrected chi connectivity index (χ1v) is 12.7. The summed E-state index contributed by atoms with van der Waals surface area (Å²) in [5.74, 6) is 0.282. The highest BCUT2D eigenvalue weighted by atomic mass is 35.5. The SMILES string of the molecule is Cc1nc2sc(C(C)C)nn2c1-c1ccc(Cl)c(S(=O)(=O)N[C@H]2CC[C@@H](O)CC2)c1. The second-order valence-electron chi connectivity index (χ2n) is 8.11. The lowest BCUT2D eigenvalue weighted by Gasteiger charge is -2.26. The van der Waals surface area contributed by atoms with Crippen LogP contribution in [0.2, 0.25) is 5.02 Å². The molecule has 2 aromatic heterocycles. The monoisotopic (exact) mass is 468 g/mol. The molecular formula is C20H25ClN4O3S2. The predicted molar refractivity (Wildman–Crippen MR) is 119 cm³/mol. The number of imidazole rings is 1. The Morgan fingerprint density at radius 2 is 1.97 bits per heavy atom. The highest BCUT2D eigenvalue weighted by molar-refractivity contribution is 7.89. The molecule has 4 rings (SSSR count). The molecule has 1 saturated carbocycles. The molecule has 0 atom stereocenters. The Bertz CT molecular complexity index is 1180. The predicted octanol–water partition coefficient (Wildman–Crippen LogP) is 4.12. The number of hydrogen-bond donors (Lipinski definition) is 2. The molecule has 30 heavy (non-hydrogen) atoms. The Labute approximate surface area is 185 Å². The zero-order valence-electron chi connectivity index (χ0n) is 17.1. The molecule has 1 fully saturated rings. The first-order chi connectivity index (χ1) is 14.2. The Hall–Kier alpha value is -1.52. The molecule has 3 aromatic rings. The minimum atomic E-state index is -3.81. The fourth-order valence-corrected chi connectivity index (χ4v) is 6.54. The summed E-state index contributed by atoms with van der Waals surface area (Å²) in [6.07, 6.45) is 2.05. The number of halogens is 1. The Morgan fingerprint density at radius 1 is 1.27 bits per heavy atom. The van der Waals surface area contributed by atoms with E-state index in [9.17, 15) is 13.5 Å².